The first-order valence-corrected chi connectivity index (χ1v) is 4.72. The monoisotopic (exact) mass is 196 g/mol. The maximum atomic E-state index is 11.6. The van der Waals surface area contributed by atoms with Crippen LogP contribution in [-0.4, -0.2) is 41.1 Å². The molecule has 3 atom stereocenters. The molecule has 4 heteroatoms. The second-order valence-electron chi connectivity index (χ2n) is 3.80. The number of aliphatic hydroxyl groups is 1. The largest absolute Gasteiger partial charge is 0.391 e. The topological polar surface area (TPSA) is 66.6 Å². The lowest BCUT2D eigenvalue weighted by molar-refractivity contribution is -0.131. The Balaban J connectivity index is 2.51. The number of aliphatic hydroxyl groups excluding tert-OH is 1. The van der Waals surface area contributed by atoms with Gasteiger partial charge in [-0.1, -0.05) is 6.92 Å². The average molecular weight is 196 g/mol. The molecule has 0 aromatic carbocycles. The molecule has 1 fully saturated rings. The Kier molecular flexibility index (Phi) is 3.50. The van der Waals surface area contributed by atoms with Crippen molar-refractivity contribution in [2.75, 3.05) is 13.1 Å². The van der Waals surface area contributed by atoms with Gasteiger partial charge < -0.3 is 15.7 Å². The van der Waals surface area contributed by atoms with Gasteiger partial charge >= 0.3 is 0 Å². The fraction of sp³-hybridized carbons (Fsp3) is 0.700. The molecular weight excluding hydrogens is 180 g/mol. The number of nitrogens with two attached hydrogens (primary N) is 1. The first kappa shape index (κ1) is 11.0. The molecule has 1 amide bonds. The number of carbonyl (C=O) groups is 1. The molecule has 4 nitrogen and oxygen atoms in total. The van der Waals surface area contributed by atoms with Crippen molar-refractivity contribution in [1.29, 1.82) is 0 Å². The van der Waals surface area contributed by atoms with Crippen LogP contribution in [0.25, 0.3) is 0 Å². The van der Waals surface area contributed by atoms with Gasteiger partial charge in [0.2, 0.25) is 5.91 Å². The highest BCUT2D eigenvalue weighted by Crippen LogP contribution is 2.16. The molecule has 0 aromatic rings. The molecule has 78 valence electrons. The quantitative estimate of drug-likeness (QED) is 0.567. The second-order valence-corrected chi connectivity index (χ2v) is 3.80. The van der Waals surface area contributed by atoms with E-state index < -0.39 is 12.1 Å². The van der Waals surface area contributed by atoms with E-state index in [-0.39, 0.29) is 18.2 Å². The number of hydrogen-bond acceptors (Lipinski definition) is 3. The maximum Gasteiger partial charge on any atom is 0.240 e. The maximum absolute atomic E-state index is 11.6. The van der Waals surface area contributed by atoms with E-state index >= 15 is 0 Å². The lowest BCUT2D eigenvalue weighted by Crippen LogP contribution is -2.42. The standard InChI is InChI=1S/C10H16N2O2/c1-3-4-8(11)10(14)12-5-7(2)9(13)6-12/h1,7-9,13H,4-6,11H2,2H3. The number of nitrogens with zero attached hydrogens (tertiary/aromatic N) is 1. The first-order chi connectivity index (χ1) is 6.56. The fourth-order valence-electron chi connectivity index (χ4n) is 1.58. The van der Waals surface area contributed by atoms with Gasteiger partial charge in [0.05, 0.1) is 12.1 Å². The summed E-state index contributed by atoms with van der Waals surface area (Å²) in [6, 6.07) is -0.627. The van der Waals surface area contributed by atoms with Crippen LogP contribution < -0.4 is 5.73 Å². The van der Waals surface area contributed by atoms with Gasteiger partial charge in [0.15, 0.2) is 0 Å². The molecule has 14 heavy (non-hydrogen) atoms. The van der Waals surface area contributed by atoms with Gasteiger partial charge in [0.25, 0.3) is 0 Å². The van der Waals surface area contributed by atoms with Crippen molar-refractivity contribution in [3.05, 3.63) is 0 Å². The van der Waals surface area contributed by atoms with E-state index in [1.807, 2.05) is 6.92 Å². The van der Waals surface area contributed by atoms with Crippen LogP contribution in [0.3, 0.4) is 0 Å². The third-order valence-electron chi connectivity index (χ3n) is 2.54. The van der Waals surface area contributed by atoms with E-state index in [4.69, 9.17) is 12.2 Å². The van der Waals surface area contributed by atoms with E-state index in [0.717, 1.165) is 0 Å². The molecule has 0 bridgehead atoms. The molecule has 0 spiro atoms. The van der Waals surface area contributed by atoms with Crippen molar-refractivity contribution in [1.82, 2.24) is 4.90 Å². The number of terminal acetylenes is 1. The van der Waals surface area contributed by atoms with E-state index in [0.29, 0.717) is 13.1 Å². The van der Waals surface area contributed by atoms with Gasteiger partial charge in [-0.05, 0) is 0 Å². The third kappa shape index (κ3) is 2.25. The minimum Gasteiger partial charge on any atom is -0.391 e. The lowest BCUT2D eigenvalue weighted by Gasteiger charge is -2.18. The van der Waals surface area contributed by atoms with Crippen LogP contribution in [0, 0.1) is 18.3 Å². The Bertz CT molecular complexity index is 249. The molecule has 1 aliphatic heterocycles. The van der Waals surface area contributed by atoms with Crippen LogP contribution in [0.5, 0.6) is 0 Å². The highest BCUT2D eigenvalue weighted by Gasteiger charge is 2.32. The van der Waals surface area contributed by atoms with Gasteiger partial charge in [-0.25, -0.2) is 0 Å². The van der Waals surface area contributed by atoms with E-state index in [1.54, 1.807) is 4.90 Å². The second kappa shape index (κ2) is 4.45. The number of β-amino-alcohol motifs (C(OH)–C–C–N with tert-alkyl or cyclic N) is 1. The Labute approximate surface area is 84.1 Å². The summed E-state index contributed by atoms with van der Waals surface area (Å²) >= 11 is 0. The average Bonchev–Trinajstić information content (AvgIpc) is 2.46. The molecule has 0 aromatic heterocycles. The summed E-state index contributed by atoms with van der Waals surface area (Å²) in [5, 5.41) is 9.45. The van der Waals surface area contributed by atoms with Crippen molar-refractivity contribution in [3.63, 3.8) is 0 Å². The van der Waals surface area contributed by atoms with Gasteiger partial charge in [0.1, 0.15) is 0 Å². The molecule has 3 N–H and O–H groups in total. The summed E-state index contributed by atoms with van der Waals surface area (Å²) in [5.74, 6) is 2.32. The van der Waals surface area contributed by atoms with E-state index in [1.165, 1.54) is 0 Å². The fourth-order valence-corrected chi connectivity index (χ4v) is 1.58. The summed E-state index contributed by atoms with van der Waals surface area (Å²) in [4.78, 5) is 13.2. The predicted octanol–water partition coefficient (Wildman–Crippen LogP) is -0.824. The summed E-state index contributed by atoms with van der Waals surface area (Å²) in [7, 11) is 0. The van der Waals surface area contributed by atoms with Crippen LogP contribution in [0.1, 0.15) is 13.3 Å². The van der Waals surface area contributed by atoms with Crippen LogP contribution in [0.4, 0.5) is 0 Å². The summed E-state index contributed by atoms with van der Waals surface area (Å²) in [6.07, 6.45) is 4.89. The zero-order valence-electron chi connectivity index (χ0n) is 8.31. The molecule has 0 saturated carbocycles. The molecule has 0 aliphatic carbocycles. The summed E-state index contributed by atoms with van der Waals surface area (Å²) in [6.45, 7) is 2.85. The van der Waals surface area contributed by atoms with E-state index in [9.17, 15) is 9.90 Å². The van der Waals surface area contributed by atoms with Crippen molar-refractivity contribution in [2.24, 2.45) is 11.7 Å². The van der Waals surface area contributed by atoms with Gasteiger partial charge in [0, 0.05) is 25.4 Å². The van der Waals surface area contributed by atoms with Crippen LogP contribution in [0.2, 0.25) is 0 Å². The summed E-state index contributed by atoms with van der Waals surface area (Å²) in [5.41, 5.74) is 5.58. The Morgan fingerprint density at radius 3 is 2.86 bits per heavy atom. The summed E-state index contributed by atoms with van der Waals surface area (Å²) < 4.78 is 0. The van der Waals surface area contributed by atoms with Crippen molar-refractivity contribution >= 4 is 5.91 Å². The predicted molar refractivity (Wildman–Crippen MR) is 53.2 cm³/mol. The van der Waals surface area contributed by atoms with Crippen molar-refractivity contribution < 1.29 is 9.90 Å². The highest BCUT2D eigenvalue weighted by molar-refractivity contribution is 5.82. The number of rotatable bonds is 2. The zero-order chi connectivity index (χ0) is 10.7. The van der Waals surface area contributed by atoms with Crippen LogP contribution in [-0.2, 0) is 4.79 Å². The smallest absolute Gasteiger partial charge is 0.240 e. The molecule has 1 saturated heterocycles. The number of likely N-dealkylation sites (tertiary alicyclic amines) is 1. The van der Waals surface area contributed by atoms with Gasteiger partial charge in [-0.15, -0.1) is 12.3 Å². The van der Waals surface area contributed by atoms with E-state index in [2.05, 4.69) is 5.92 Å². The minimum atomic E-state index is -0.627. The molecule has 1 rings (SSSR count). The molecule has 1 aliphatic rings. The van der Waals surface area contributed by atoms with Gasteiger partial charge in [-0.3, -0.25) is 4.79 Å². The highest BCUT2D eigenvalue weighted by atomic mass is 16.3. The van der Waals surface area contributed by atoms with Crippen LogP contribution >= 0.6 is 0 Å². The SMILES string of the molecule is C#CCC(N)C(=O)N1CC(C)C(O)C1. The van der Waals surface area contributed by atoms with Crippen LogP contribution in [0.15, 0.2) is 0 Å². The zero-order valence-corrected chi connectivity index (χ0v) is 8.31. The third-order valence-corrected chi connectivity index (χ3v) is 2.54. The number of hydrogen-bond donors (Lipinski definition) is 2. The number of carbonyl (C=O) groups excluding carboxylic acids is 1. The molecular formula is C10H16N2O2. The Hall–Kier alpha value is -1.05. The normalized spacial score (nSPS) is 28.6. The first-order valence-electron chi connectivity index (χ1n) is 4.72. The van der Waals surface area contributed by atoms with Gasteiger partial charge in [-0.2, -0.15) is 0 Å². The molecule has 3 unspecified atom stereocenters. The molecule has 1 heterocycles. The van der Waals surface area contributed by atoms with Crippen molar-refractivity contribution in [2.45, 2.75) is 25.5 Å². The lowest BCUT2D eigenvalue weighted by atomic mass is 10.1. The Morgan fingerprint density at radius 2 is 2.43 bits per heavy atom. The minimum absolute atomic E-state index is 0.122. The number of amides is 1. The van der Waals surface area contributed by atoms with Crippen molar-refractivity contribution in [3.8, 4) is 12.3 Å². The molecule has 0 radical (unpaired) electrons. The Morgan fingerprint density at radius 1 is 1.79 bits per heavy atom.